The Kier molecular flexibility index (Phi) is 4.81. The number of aryl methyl sites for hydroxylation is 1. The van der Waals surface area contributed by atoms with Crippen LogP contribution in [-0.4, -0.2) is 52.9 Å². The third kappa shape index (κ3) is 3.47. The van der Waals surface area contributed by atoms with E-state index in [9.17, 15) is 4.79 Å². The highest BCUT2D eigenvalue weighted by atomic mass is 32.1. The maximum Gasteiger partial charge on any atom is 0.223 e. The molecule has 0 bridgehead atoms. The van der Waals surface area contributed by atoms with Crippen LogP contribution in [0.3, 0.4) is 0 Å². The van der Waals surface area contributed by atoms with Crippen LogP contribution in [0.5, 0.6) is 0 Å². The highest BCUT2D eigenvalue weighted by Crippen LogP contribution is 2.24. The lowest BCUT2D eigenvalue weighted by Gasteiger charge is -2.37. The first-order chi connectivity index (χ1) is 11.8. The van der Waals surface area contributed by atoms with Crippen molar-refractivity contribution in [1.29, 1.82) is 0 Å². The number of nitrogens with zero attached hydrogens (tertiary/aromatic N) is 3. The maximum absolute atomic E-state index is 12.6. The number of benzene rings is 1. The molecule has 2 saturated heterocycles. The molecule has 2 aliphatic heterocycles. The van der Waals surface area contributed by atoms with E-state index in [1.807, 2.05) is 18.2 Å². The van der Waals surface area contributed by atoms with Crippen molar-refractivity contribution >= 4 is 27.5 Å². The minimum Gasteiger partial charge on any atom is -0.341 e. The standard InChI is InChI=1S/C19H25N3OS/c23-19(10-9-18-20-16-7-1-2-8-17(16)24-18)22-13-5-6-15(14-22)21-11-3-4-12-21/h1-2,7-8,15H,3-6,9-14H2/t15-/m0/s1. The molecule has 0 radical (unpaired) electrons. The summed E-state index contributed by atoms with van der Waals surface area (Å²) in [6, 6.07) is 8.80. The number of rotatable bonds is 4. The summed E-state index contributed by atoms with van der Waals surface area (Å²) in [6.07, 6.45) is 6.40. The van der Waals surface area contributed by atoms with Gasteiger partial charge < -0.3 is 4.90 Å². The third-order valence-corrected chi connectivity index (χ3v) is 6.39. The van der Waals surface area contributed by atoms with E-state index >= 15 is 0 Å². The van der Waals surface area contributed by atoms with Crippen LogP contribution in [0.2, 0.25) is 0 Å². The summed E-state index contributed by atoms with van der Waals surface area (Å²) in [5, 5.41) is 1.08. The molecule has 1 aromatic carbocycles. The molecular weight excluding hydrogens is 318 g/mol. The molecule has 2 aromatic rings. The molecule has 1 amide bonds. The van der Waals surface area contributed by atoms with Gasteiger partial charge in [-0.3, -0.25) is 9.69 Å². The van der Waals surface area contributed by atoms with Crippen LogP contribution in [0.15, 0.2) is 24.3 Å². The van der Waals surface area contributed by atoms with E-state index in [0.717, 1.165) is 36.5 Å². The largest absolute Gasteiger partial charge is 0.341 e. The number of likely N-dealkylation sites (tertiary alicyclic amines) is 2. The number of hydrogen-bond acceptors (Lipinski definition) is 4. The number of thiazole rings is 1. The highest BCUT2D eigenvalue weighted by molar-refractivity contribution is 7.18. The second-order valence-corrected chi connectivity index (χ2v) is 8.07. The Hall–Kier alpha value is -1.46. The van der Waals surface area contributed by atoms with E-state index in [1.54, 1.807) is 11.3 Å². The fourth-order valence-corrected chi connectivity index (χ4v) is 4.95. The van der Waals surface area contributed by atoms with E-state index in [4.69, 9.17) is 0 Å². The van der Waals surface area contributed by atoms with Crippen LogP contribution in [-0.2, 0) is 11.2 Å². The molecule has 0 N–H and O–H groups in total. The first kappa shape index (κ1) is 16.0. The molecule has 4 rings (SSSR count). The van der Waals surface area contributed by atoms with Crippen LogP contribution in [0, 0.1) is 0 Å². The first-order valence-electron chi connectivity index (χ1n) is 9.16. The summed E-state index contributed by atoms with van der Waals surface area (Å²) in [5.41, 5.74) is 1.05. The average molecular weight is 343 g/mol. The summed E-state index contributed by atoms with van der Waals surface area (Å²) >= 11 is 1.72. The topological polar surface area (TPSA) is 36.4 Å². The Morgan fingerprint density at radius 3 is 2.83 bits per heavy atom. The summed E-state index contributed by atoms with van der Waals surface area (Å²) in [7, 11) is 0. The Morgan fingerprint density at radius 1 is 1.17 bits per heavy atom. The fraction of sp³-hybridized carbons (Fsp3) is 0.579. The molecule has 0 saturated carbocycles. The van der Waals surface area contributed by atoms with E-state index < -0.39 is 0 Å². The molecule has 1 aromatic heterocycles. The summed E-state index contributed by atoms with van der Waals surface area (Å²) in [4.78, 5) is 22.0. The second kappa shape index (κ2) is 7.19. The minimum absolute atomic E-state index is 0.304. The van der Waals surface area contributed by atoms with Gasteiger partial charge >= 0.3 is 0 Å². The van der Waals surface area contributed by atoms with Crippen molar-refractivity contribution < 1.29 is 4.79 Å². The monoisotopic (exact) mass is 343 g/mol. The van der Waals surface area contributed by atoms with E-state index in [1.165, 1.54) is 37.1 Å². The lowest BCUT2D eigenvalue weighted by atomic mass is 10.0. The SMILES string of the molecule is O=C(CCc1nc2ccccc2s1)N1CCC[C@H](N2CCCC2)C1. The number of para-hydroxylation sites is 1. The van der Waals surface area contributed by atoms with Gasteiger partial charge in [-0.25, -0.2) is 4.98 Å². The Bertz CT molecular complexity index is 674. The minimum atomic E-state index is 0.304. The number of carbonyl (C=O) groups is 1. The van der Waals surface area contributed by atoms with Crippen molar-refractivity contribution in [3.8, 4) is 0 Å². The number of carbonyl (C=O) groups excluding carboxylic acids is 1. The Balaban J connectivity index is 1.33. The number of hydrogen-bond donors (Lipinski definition) is 0. The van der Waals surface area contributed by atoms with Gasteiger partial charge in [0.2, 0.25) is 5.91 Å². The molecule has 1 atom stereocenters. The van der Waals surface area contributed by atoms with Crippen LogP contribution >= 0.6 is 11.3 Å². The van der Waals surface area contributed by atoms with Gasteiger partial charge in [0.15, 0.2) is 0 Å². The zero-order valence-electron chi connectivity index (χ0n) is 14.1. The van der Waals surface area contributed by atoms with Crippen molar-refractivity contribution in [1.82, 2.24) is 14.8 Å². The molecule has 2 aliphatic rings. The first-order valence-corrected chi connectivity index (χ1v) is 9.97. The molecule has 24 heavy (non-hydrogen) atoms. The van der Waals surface area contributed by atoms with Crippen molar-refractivity contribution in [3.05, 3.63) is 29.3 Å². The van der Waals surface area contributed by atoms with Crippen molar-refractivity contribution in [2.75, 3.05) is 26.2 Å². The molecule has 4 nitrogen and oxygen atoms in total. The summed E-state index contributed by atoms with van der Waals surface area (Å²) in [6.45, 7) is 4.30. The van der Waals surface area contributed by atoms with Gasteiger partial charge in [0, 0.05) is 32.0 Å². The predicted molar refractivity (Wildman–Crippen MR) is 98.4 cm³/mol. The second-order valence-electron chi connectivity index (χ2n) is 6.95. The zero-order valence-corrected chi connectivity index (χ0v) is 14.9. The highest BCUT2D eigenvalue weighted by Gasteiger charge is 2.29. The van der Waals surface area contributed by atoms with E-state index in [-0.39, 0.29) is 0 Å². The lowest BCUT2D eigenvalue weighted by molar-refractivity contribution is -0.133. The third-order valence-electron chi connectivity index (χ3n) is 5.30. The van der Waals surface area contributed by atoms with E-state index in [0.29, 0.717) is 18.4 Å². The van der Waals surface area contributed by atoms with Crippen molar-refractivity contribution in [2.24, 2.45) is 0 Å². The number of piperidine rings is 1. The number of fused-ring (bicyclic) bond motifs is 1. The molecule has 0 spiro atoms. The molecule has 0 unspecified atom stereocenters. The molecule has 5 heteroatoms. The zero-order chi connectivity index (χ0) is 16.4. The van der Waals surface area contributed by atoms with Gasteiger partial charge in [-0.1, -0.05) is 12.1 Å². The van der Waals surface area contributed by atoms with Gasteiger partial charge in [0.05, 0.1) is 15.2 Å². The Labute approximate surface area is 147 Å². The molecular formula is C19H25N3OS. The van der Waals surface area contributed by atoms with Crippen LogP contribution in [0.4, 0.5) is 0 Å². The van der Waals surface area contributed by atoms with Gasteiger partial charge in [-0.2, -0.15) is 0 Å². The molecule has 0 aliphatic carbocycles. The normalized spacial score (nSPS) is 22.3. The Morgan fingerprint density at radius 2 is 2.00 bits per heavy atom. The van der Waals surface area contributed by atoms with Crippen LogP contribution < -0.4 is 0 Å². The van der Waals surface area contributed by atoms with Crippen molar-refractivity contribution in [2.45, 2.75) is 44.6 Å². The van der Waals surface area contributed by atoms with Crippen molar-refractivity contribution in [3.63, 3.8) is 0 Å². The van der Waals surface area contributed by atoms with Gasteiger partial charge in [-0.05, 0) is 50.9 Å². The number of aromatic nitrogens is 1. The lowest BCUT2D eigenvalue weighted by Crippen LogP contribution is -2.49. The smallest absolute Gasteiger partial charge is 0.223 e. The molecule has 128 valence electrons. The maximum atomic E-state index is 12.6. The number of amides is 1. The quantitative estimate of drug-likeness (QED) is 0.854. The molecule has 2 fully saturated rings. The van der Waals surface area contributed by atoms with Crippen LogP contribution in [0.25, 0.3) is 10.2 Å². The van der Waals surface area contributed by atoms with Gasteiger partial charge in [-0.15, -0.1) is 11.3 Å². The summed E-state index contributed by atoms with van der Waals surface area (Å²) in [5.74, 6) is 0.304. The summed E-state index contributed by atoms with van der Waals surface area (Å²) < 4.78 is 1.21. The fourth-order valence-electron chi connectivity index (χ4n) is 3.98. The van der Waals surface area contributed by atoms with Crippen LogP contribution in [0.1, 0.15) is 37.1 Å². The van der Waals surface area contributed by atoms with Gasteiger partial charge in [0.25, 0.3) is 0 Å². The van der Waals surface area contributed by atoms with Gasteiger partial charge in [0.1, 0.15) is 0 Å². The average Bonchev–Trinajstić information content (AvgIpc) is 3.29. The van der Waals surface area contributed by atoms with E-state index in [2.05, 4.69) is 20.9 Å². The predicted octanol–water partition coefficient (Wildman–Crippen LogP) is 3.32. The molecule has 3 heterocycles.